The maximum atomic E-state index is 7.35. The summed E-state index contributed by atoms with van der Waals surface area (Å²) in [7, 11) is 6.27. The minimum absolute atomic E-state index is 1.33. The Morgan fingerprint density at radius 2 is 1.75 bits per heavy atom. The third-order valence-electron chi connectivity index (χ3n) is 0.714. The zero-order valence-corrected chi connectivity index (χ0v) is 5.76. The first-order valence-corrected chi connectivity index (χ1v) is 2.34. The van der Waals surface area contributed by atoms with Crippen molar-refractivity contribution in [2.45, 2.75) is 6.39 Å². The molecule has 0 aliphatic heterocycles. The van der Waals surface area contributed by atoms with E-state index in [1.165, 1.54) is 19.1 Å². The molecule has 8 heavy (non-hydrogen) atoms. The summed E-state index contributed by atoms with van der Waals surface area (Å²) in [6.07, 6.45) is -1.33. The van der Waals surface area contributed by atoms with Crippen LogP contribution < -0.4 is 0 Å². The molecule has 0 aliphatic rings. The summed E-state index contributed by atoms with van der Waals surface area (Å²) in [5, 5.41) is 0. The molecule has 0 N–H and O–H groups in total. The van der Waals surface area contributed by atoms with Gasteiger partial charge in [-0.05, 0) is 14.1 Å². The van der Waals surface area contributed by atoms with E-state index >= 15 is 0 Å². The second-order valence-corrected chi connectivity index (χ2v) is 1.57. The zero-order valence-electron chi connectivity index (χ0n) is 6.76. The molecule has 0 aromatic rings. The Bertz CT molecular complexity index is 83.0. The molecule has 3 heteroatoms. The van der Waals surface area contributed by atoms with Crippen molar-refractivity contribution in [3.63, 3.8) is 0 Å². The van der Waals surface area contributed by atoms with Crippen LogP contribution in [0.4, 0.5) is 0 Å². The Labute approximate surface area is 51.6 Å². The molecule has 0 aliphatic carbocycles. The van der Waals surface area contributed by atoms with Gasteiger partial charge < -0.3 is 9.47 Å². The predicted molar refractivity (Wildman–Crippen MR) is 31.5 cm³/mol. The SMILES string of the molecule is [2H]C(OC)(OC)N(C)C. The van der Waals surface area contributed by atoms with Crippen molar-refractivity contribution in [3.05, 3.63) is 0 Å². The van der Waals surface area contributed by atoms with Gasteiger partial charge in [0.25, 0.3) is 0 Å². The molecule has 0 heterocycles. The van der Waals surface area contributed by atoms with Gasteiger partial charge in [-0.15, -0.1) is 0 Å². The van der Waals surface area contributed by atoms with E-state index in [1.54, 1.807) is 14.1 Å². The molecule has 0 aromatic carbocycles. The summed E-state index contributed by atoms with van der Waals surface area (Å²) in [5.74, 6) is 0. The standard InChI is InChI=1S/C5H13NO2/c1-6(2)5(7-3)8-4/h5H,1-4H3/i5D. The van der Waals surface area contributed by atoms with Gasteiger partial charge in [-0.25, -0.2) is 0 Å². The number of hydrogen-bond donors (Lipinski definition) is 0. The van der Waals surface area contributed by atoms with E-state index in [9.17, 15) is 0 Å². The van der Waals surface area contributed by atoms with Gasteiger partial charge in [0, 0.05) is 14.2 Å². The fraction of sp³-hybridized carbons (Fsp3) is 1.00. The molecule has 0 unspecified atom stereocenters. The van der Waals surface area contributed by atoms with E-state index in [1.807, 2.05) is 0 Å². The molecule has 0 aromatic heterocycles. The van der Waals surface area contributed by atoms with Crippen molar-refractivity contribution >= 4 is 0 Å². The molecule has 50 valence electrons. The largest absolute Gasteiger partial charge is 0.343 e. The molecule has 0 rings (SSSR count). The molecule has 3 nitrogen and oxygen atoms in total. The molecule has 0 amide bonds. The maximum Gasteiger partial charge on any atom is 0.217 e. The number of methoxy groups -OCH3 is 2. The molecule has 0 radical (unpaired) electrons. The van der Waals surface area contributed by atoms with E-state index in [0.29, 0.717) is 0 Å². The minimum atomic E-state index is -1.33. The first-order chi connectivity index (χ1) is 4.06. The topological polar surface area (TPSA) is 21.7 Å². The fourth-order valence-electron chi connectivity index (χ4n) is 0.448. The zero-order chi connectivity index (χ0) is 7.49. The summed E-state index contributed by atoms with van der Waals surface area (Å²) < 4.78 is 16.8. The smallest absolute Gasteiger partial charge is 0.217 e. The monoisotopic (exact) mass is 120 g/mol. The third kappa shape index (κ3) is 2.26. The second kappa shape index (κ2) is 3.83. The highest BCUT2D eigenvalue weighted by molar-refractivity contribution is 4.33. The van der Waals surface area contributed by atoms with E-state index in [2.05, 4.69) is 0 Å². The van der Waals surface area contributed by atoms with Gasteiger partial charge in [-0.3, -0.25) is 4.90 Å². The number of ether oxygens (including phenoxy) is 2. The van der Waals surface area contributed by atoms with Crippen molar-refractivity contribution < 1.29 is 10.8 Å². The average Bonchev–Trinajstić information content (AvgIpc) is 1.86. The second-order valence-electron chi connectivity index (χ2n) is 1.57. The lowest BCUT2D eigenvalue weighted by atomic mass is 10.9. The summed E-state index contributed by atoms with van der Waals surface area (Å²) in [6.45, 7) is 0. The van der Waals surface area contributed by atoms with Crippen LogP contribution in [-0.4, -0.2) is 39.6 Å². The van der Waals surface area contributed by atoms with Crippen molar-refractivity contribution in [1.82, 2.24) is 4.90 Å². The van der Waals surface area contributed by atoms with Crippen LogP contribution in [0.1, 0.15) is 1.37 Å². The fourth-order valence-corrected chi connectivity index (χ4v) is 0.448. The van der Waals surface area contributed by atoms with Crippen LogP contribution in [0.3, 0.4) is 0 Å². The molecule has 0 fully saturated rings. The van der Waals surface area contributed by atoms with Crippen molar-refractivity contribution in [2.75, 3.05) is 28.3 Å². The Balaban J connectivity index is 3.92. The van der Waals surface area contributed by atoms with Crippen LogP contribution in [0.15, 0.2) is 0 Å². The average molecular weight is 120 g/mol. The highest BCUT2D eigenvalue weighted by atomic mass is 16.7. The predicted octanol–water partition coefficient (Wildman–Crippen LogP) is 0.124. The maximum absolute atomic E-state index is 7.35. The van der Waals surface area contributed by atoms with Gasteiger partial charge in [0.1, 0.15) is 1.37 Å². The normalized spacial score (nSPS) is 14.4. The Morgan fingerprint density at radius 1 is 1.38 bits per heavy atom. The van der Waals surface area contributed by atoms with Gasteiger partial charge in [-0.2, -0.15) is 0 Å². The molecule has 0 atom stereocenters. The van der Waals surface area contributed by atoms with Gasteiger partial charge in [-0.1, -0.05) is 0 Å². The van der Waals surface area contributed by atoms with Crippen LogP contribution in [0.5, 0.6) is 0 Å². The molecule has 0 bridgehead atoms. The van der Waals surface area contributed by atoms with Crippen LogP contribution in [0, 0.1) is 0 Å². The summed E-state index contributed by atoms with van der Waals surface area (Å²) >= 11 is 0. The highest BCUT2D eigenvalue weighted by Crippen LogP contribution is 1.91. The van der Waals surface area contributed by atoms with Crippen molar-refractivity contribution in [2.24, 2.45) is 0 Å². The highest BCUT2D eigenvalue weighted by Gasteiger charge is 2.04. The Kier molecular flexibility index (Phi) is 2.88. The first kappa shape index (κ1) is 6.01. The Hall–Kier alpha value is -0.120. The summed E-state index contributed by atoms with van der Waals surface area (Å²) in [4.78, 5) is 1.52. The molecular weight excluding hydrogens is 106 g/mol. The van der Waals surface area contributed by atoms with E-state index in [-0.39, 0.29) is 0 Å². The lowest BCUT2D eigenvalue weighted by Gasteiger charge is -2.19. The first-order valence-electron chi connectivity index (χ1n) is 2.84. The van der Waals surface area contributed by atoms with Gasteiger partial charge >= 0.3 is 0 Å². The molecule has 0 saturated heterocycles. The quantitative estimate of drug-likeness (QED) is 0.494. The lowest BCUT2D eigenvalue weighted by Crippen LogP contribution is -2.30. The molecular formula is C5H13NO2. The molecule has 0 spiro atoms. The number of nitrogens with zero attached hydrogens (tertiary/aromatic N) is 1. The van der Waals surface area contributed by atoms with Crippen LogP contribution in [0.25, 0.3) is 0 Å². The van der Waals surface area contributed by atoms with Gasteiger partial charge in [0.15, 0.2) is 0 Å². The van der Waals surface area contributed by atoms with Gasteiger partial charge in [0.05, 0.1) is 0 Å². The van der Waals surface area contributed by atoms with Crippen LogP contribution in [0.2, 0.25) is 0 Å². The number of rotatable bonds is 3. The summed E-state index contributed by atoms with van der Waals surface area (Å²) in [6, 6.07) is 0. The lowest BCUT2D eigenvalue weighted by molar-refractivity contribution is -0.179. The van der Waals surface area contributed by atoms with E-state index in [0.717, 1.165) is 0 Å². The third-order valence-corrected chi connectivity index (χ3v) is 0.714. The minimum Gasteiger partial charge on any atom is -0.343 e. The number of hydrogen-bond acceptors (Lipinski definition) is 3. The summed E-state index contributed by atoms with van der Waals surface area (Å²) in [5.41, 5.74) is 0. The van der Waals surface area contributed by atoms with E-state index in [4.69, 9.17) is 10.8 Å². The van der Waals surface area contributed by atoms with E-state index < -0.39 is 6.39 Å². The van der Waals surface area contributed by atoms with Crippen LogP contribution >= 0.6 is 0 Å². The van der Waals surface area contributed by atoms with Crippen LogP contribution in [-0.2, 0) is 9.47 Å². The van der Waals surface area contributed by atoms with Gasteiger partial charge in [0.2, 0.25) is 6.39 Å². The molecule has 0 saturated carbocycles. The van der Waals surface area contributed by atoms with Crippen molar-refractivity contribution in [3.8, 4) is 0 Å². The van der Waals surface area contributed by atoms with Crippen molar-refractivity contribution in [1.29, 1.82) is 0 Å². The Morgan fingerprint density at radius 3 is 1.75 bits per heavy atom.